The summed E-state index contributed by atoms with van der Waals surface area (Å²) < 4.78 is 0. The first-order valence-corrected chi connectivity index (χ1v) is 7.41. The monoisotopic (exact) mass is 242 g/mol. The fraction of sp³-hybridized carbons (Fsp3) is 0.588. The minimum atomic E-state index is 0.292. The summed E-state index contributed by atoms with van der Waals surface area (Å²) in [5.74, 6) is 2.28. The Bertz CT molecular complexity index is 441. The van der Waals surface area contributed by atoms with Crippen molar-refractivity contribution in [3.8, 4) is 0 Å². The molecule has 1 nitrogen and oxygen atoms in total. The van der Waals surface area contributed by atoms with Crippen molar-refractivity contribution in [1.82, 2.24) is 0 Å². The molecular formula is C17H22O. The summed E-state index contributed by atoms with van der Waals surface area (Å²) in [4.78, 5) is 12.4. The Balaban J connectivity index is 1.71. The number of benzene rings is 1. The average molecular weight is 242 g/mol. The van der Waals surface area contributed by atoms with Crippen LogP contribution in [0.25, 0.3) is 0 Å². The molecule has 0 bridgehead atoms. The maximum atomic E-state index is 12.4. The third kappa shape index (κ3) is 2.00. The average Bonchev–Trinajstić information content (AvgIpc) is 2.77. The zero-order valence-electron chi connectivity index (χ0n) is 11.2. The van der Waals surface area contributed by atoms with Crippen LogP contribution in [0.3, 0.4) is 0 Å². The third-order valence-electron chi connectivity index (χ3n) is 5.10. The zero-order chi connectivity index (χ0) is 12.5. The number of carbonyl (C=O) groups is 1. The van der Waals surface area contributed by atoms with Gasteiger partial charge in [-0.15, -0.1) is 0 Å². The predicted molar refractivity (Wildman–Crippen MR) is 73.7 cm³/mol. The molecule has 1 atom stereocenters. The Kier molecular flexibility index (Phi) is 3.23. The van der Waals surface area contributed by atoms with E-state index in [1.54, 1.807) is 0 Å². The molecule has 0 radical (unpaired) electrons. The highest BCUT2D eigenvalue weighted by Crippen LogP contribution is 2.40. The Morgan fingerprint density at radius 3 is 2.50 bits per heavy atom. The minimum absolute atomic E-state index is 0.292. The number of Topliss-reactive ketones (excluding diaryl/α,β-unsaturated/α-hetero) is 1. The topological polar surface area (TPSA) is 17.1 Å². The van der Waals surface area contributed by atoms with Crippen molar-refractivity contribution in [2.45, 2.75) is 45.4 Å². The van der Waals surface area contributed by atoms with Crippen LogP contribution in [-0.2, 0) is 6.42 Å². The van der Waals surface area contributed by atoms with Gasteiger partial charge in [-0.1, -0.05) is 50.5 Å². The van der Waals surface area contributed by atoms with Gasteiger partial charge in [-0.05, 0) is 36.7 Å². The number of hydrogen-bond acceptors (Lipinski definition) is 1. The van der Waals surface area contributed by atoms with Gasteiger partial charge in [-0.2, -0.15) is 0 Å². The second-order valence-corrected chi connectivity index (χ2v) is 6.02. The molecule has 0 N–H and O–H groups in total. The van der Waals surface area contributed by atoms with Crippen LogP contribution in [0.5, 0.6) is 0 Å². The summed E-state index contributed by atoms with van der Waals surface area (Å²) >= 11 is 0. The van der Waals surface area contributed by atoms with Crippen LogP contribution in [0, 0.1) is 17.8 Å². The number of carbonyl (C=O) groups excluding carboxylic acids is 1. The van der Waals surface area contributed by atoms with Crippen molar-refractivity contribution in [2.24, 2.45) is 17.8 Å². The first-order valence-electron chi connectivity index (χ1n) is 7.41. The van der Waals surface area contributed by atoms with E-state index >= 15 is 0 Å². The Labute approximate surface area is 110 Å². The summed E-state index contributed by atoms with van der Waals surface area (Å²) in [6, 6.07) is 8.19. The smallest absolute Gasteiger partial charge is 0.166 e. The lowest BCUT2D eigenvalue weighted by atomic mass is 9.74. The van der Waals surface area contributed by atoms with Gasteiger partial charge in [0.25, 0.3) is 0 Å². The molecule has 1 aromatic rings. The lowest BCUT2D eigenvalue weighted by molar-refractivity contribution is 0.0853. The van der Waals surface area contributed by atoms with E-state index in [2.05, 4.69) is 19.1 Å². The Hall–Kier alpha value is -1.11. The van der Waals surface area contributed by atoms with Crippen LogP contribution in [0.15, 0.2) is 24.3 Å². The van der Waals surface area contributed by atoms with Gasteiger partial charge in [-0.25, -0.2) is 0 Å². The van der Waals surface area contributed by atoms with Gasteiger partial charge in [0.05, 0.1) is 0 Å². The number of fused-ring (bicyclic) bond motifs is 1. The third-order valence-corrected chi connectivity index (χ3v) is 5.10. The van der Waals surface area contributed by atoms with Crippen LogP contribution >= 0.6 is 0 Å². The van der Waals surface area contributed by atoms with E-state index in [0.29, 0.717) is 17.6 Å². The second-order valence-electron chi connectivity index (χ2n) is 6.02. The zero-order valence-corrected chi connectivity index (χ0v) is 11.2. The lowest BCUT2D eigenvalue weighted by Crippen LogP contribution is -2.25. The number of rotatable bonds is 2. The highest BCUT2D eigenvalue weighted by molar-refractivity contribution is 6.02. The van der Waals surface area contributed by atoms with Crippen molar-refractivity contribution in [2.75, 3.05) is 0 Å². The van der Waals surface area contributed by atoms with E-state index in [9.17, 15) is 4.79 Å². The van der Waals surface area contributed by atoms with Gasteiger partial charge in [0.1, 0.15) is 0 Å². The normalized spacial score (nSPS) is 31.4. The van der Waals surface area contributed by atoms with Gasteiger partial charge in [0.15, 0.2) is 5.78 Å². The first kappa shape index (κ1) is 12.0. The van der Waals surface area contributed by atoms with Gasteiger partial charge < -0.3 is 0 Å². The molecule has 0 amide bonds. The van der Waals surface area contributed by atoms with Crippen LogP contribution < -0.4 is 0 Å². The van der Waals surface area contributed by atoms with E-state index in [4.69, 9.17) is 0 Å². The highest BCUT2D eigenvalue weighted by Gasteiger charge is 2.37. The molecule has 96 valence electrons. The predicted octanol–water partition coefficient (Wildman–Crippen LogP) is 4.26. The van der Waals surface area contributed by atoms with Crippen molar-refractivity contribution >= 4 is 5.78 Å². The van der Waals surface area contributed by atoms with Gasteiger partial charge in [-0.3, -0.25) is 4.79 Å². The molecule has 0 aliphatic heterocycles. The minimum Gasteiger partial charge on any atom is -0.294 e. The van der Waals surface area contributed by atoms with E-state index in [0.717, 1.165) is 17.9 Å². The molecule has 18 heavy (non-hydrogen) atoms. The molecule has 0 aromatic heterocycles. The second kappa shape index (κ2) is 4.87. The van der Waals surface area contributed by atoms with Crippen LogP contribution in [-0.4, -0.2) is 5.78 Å². The maximum Gasteiger partial charge on any atom is 0.166 e. The quantitative estimate of drug-likeness (QED) is 0.757. The van der Waals surface area contributed by atoms with Crippen molar-refractivity contribution in [3.63, 3.8) is 0 Å². The van der Waals surface area contributed by atoms with Crippen molar-refractivity contribution in [1.29, 1.82) is 0 Å². The lowest BCUT2D eigenvalue weighted by Gasteiger charge is -2.31. The maximum absolute atomic E-state index is 12.4. The van der Waals surface area contributed by atoms with Gasteiger partial charge >= 0.3 is 0 Å². The van der Waals surface area contributed by atoms with Gasteiger partial charge in [0, 0.05) is 11.5 Å². The molecule has 1 unspecified atom stereocenters. The molecule has 3 rings (SSSR count). The van der Waals surface area contributed by atoms with Crippen LogP contribution in [0.4, 0.5) is 0 Å². The Morgan fingerprint density at radius 2 is 1.83 bits per heavy atom. The summed E-state index contributed by atoms with van der Waals surface area (Å²) in [6.45, 7) is 2.29. The largest absolute Gasteiger partial charge is 0.294 e. The molecule has 1 fully saturated rings. The summed E-state index contributed by atoms with van der Waals surface area (Å²) in [5.41, 5.74) is 2.28. The molecule has 0 saturated heterocycles. The van der Waals surface area contributed by atoms with Crippen molar-refractivity contribution < 1.29 is 4.79 Å². The van der Waals surface area contributed by atoms with E-state index < -0.39 is 0 Å². The molecule has 1 heteroatoms. The van der Waals surface area contributed by atoms with Gasteiger partial charge in [0.2, 0.25) is 0 Å². The van der Waals surface area contributed by atoms with Crippen molar-refractivity contribution in [3.05, 3.63) is 35.4 Å². The molecule has 1 aromatic carbocycles. The Morgan fingerprint density at radius 1 is 1.11 bits per heavy atom. The van der Waals surface area contributed by atoms with E-state index in [-0.39, 0.29) is 0 Å². The molecule has 2 aliphatic carbocycles. The fourth-order valence-electron chi connectivity index (χ4n) is 3.85. The molecule has 0 heterocycles. The number of ketones is 1. The van der Waals surface area contributed by atoms with Crippen LogP contribution in [0.2, 0.25) is 0 Å². The SMILES string of the molecule is CCC1CCC(C2Cc3ccccc3C2=O)CC1. The number of hydrogen-bond donors (Lipinski definition) is 0. The fourth-order valence-corrected chi connectivity index (χ4v) is 3.85. The standard InChI is InChI=1S/C17H22O/c1-2-12-7-9-13(10-8-12)16-11-14-5-3-4-6-15(14)17(16)18/h3-6,12-13,16H,2,7-11H2,1H3. The summed E-state index contributed by atoms with van der Waals surface area (Å²) in [5, 5.41) is 0. The molecule has 0 spiro atoms. The highest BCUT2D eigenvalue weighted by atomic mass is 16.1. The van der Waals surface area contributed by atoms with Crippen LogP contribution in [0.1, 0.15) is 54.9 Å². The molecule has 2 aliphatic rings. The molecular weight excluding hydrogens is 220 g/mol. The van der Waals surface area contributed by atoms with E-state index in [1.165, 1.54) is 37.7 Å². The molecule has 1 saturated carbocycles. The first-order chi connectivity index (χ1) is 8.79. The van der Waals surface area contributed by atoms with E-state index in [1.807, 2.05) is 12.1 Å². The summed E-state index contributed by atoms with van der Waals surface area (Å²) in [7, 11) is 0. The summed E-state index contributed by atoms with van der Waals surface area (Å²) in [6.07, 6.45) is 7.51.